The van der Waals surface area contributed by atoms with Gasteiger partial charge in [-0.05, 0) is 44.4 Å². The van der Waals surface area contributed by atoms with Crippen molar-refractivity contribution in [2.75, 3.05) is 25.5 Å². The molecule has 2 N–H and O–H groups in total. The number of hydrogen-bond donors (Lipinski definition) is 2. The number of Topliss-reactive ketones (excluding diaryl/α,β-unsaturated/α-hetero) is 1. The molecule has 11 nitrogen and oxygen atoms in total. The number of carbonyl (C=O) groups excluding carboxylic acids is 6. The van der Waals surface area contributed by atoms with Crippen LogP contribution in [0.3, 0.4) is 0 Å². The van der Waals surface area contributed by atoms with Crippen molar-refractivity contribution in [2.45, 2.75) is 57.2 Å². The van der Waals surface area contributed by atoms with E-state index >= 15 is 0 Å². The maximum Gasteiger partial charge on any atom is 0.264 e. The van der Waals surface area contributed by atoms with Crippen LogP contribution in [0.5, 0.6) is 0 Å². The van der Waals surface area contributed by atoms with Gasteiger partial charge in [-0.3, -0.25) is 29.0 Å². The van der Waals surface area contributed by atoms with E-state index in [0.717, 1.165) is 10.7 Å². The lowest BCUT2D eigenvalue weighted by Gasteiger charge is -2.43. The normalized spacial score (nSPS) is 20.9. The lowest BCUT2D eigenvalue weighted by Crippen LogP contribution is -2.64. The predicted octanol–water partition coefficient (Wildman–Crippen LogP) is 0.0422. The molecule has 1 aromatic rings. The van der Waals surface area contributed by atoms with Gasteiger partial charge in [-0.1, -0.05) is 6.07 Å². The van der Waals surface area contributed by atoms with Crippen LogP contribution >= 0.6 is 0 Å². The summed E-state index contributed by atoms with van der Waals surface area (Å²) in [4.78, 5) is 76.8. The monoisotopic (exact) mass is 485 g/mol. The number of benzene rings is 1. The fourth-order valence-electron chi connectivity index (χ4n) is 4.29. The zero-order valence-electron chi connectivity index (χ0n) is 20.2. The quantitative estimate of drug-likeness (QED) is 0.496. The molecule has 2 saturated heterocycles. The van der Waals surface area contributed by atoms with Crippen molar-refractivity contribution in [3.8, 4) is 0 Å². The van der Waals surface area contributed by atoms with Gasteiger partial charge in [-0.25, -0.2) is 5.01 Å². The van der Waals surface area contributed by atoms with Gasteiger partial charge in [-0.15, -0.1) is 0 Å². The number of fused-ring (bicyclic) bond motifs is 1. The van der Waals surface area contributed by atoms with E-state index in [1.807, 2.05) is 25.1 Å². The second kappa shape index (κ2) is 11.1. The Bertz CT molecular complexity index is 1030. The Morgan fingerprint density at radius 2 is 1.94 bits per heavy atom. The molecular formula is C24H31N5O6. The molecule has 35 heavy (non-hydrogen) atoms. The first-order valence-corrected chi connectivity index (χ1v) is 11.6. The van der Waals surface area contributed by atoms with Crippen molar-refractivity contribution in [2.24, 2.45) is 0 Å². The summed E-state index contributed by atoms with van der Waals surface area (Å²) in [5.74, 6) is -2.25. The highest BCUT2D eigenvalue weighted by Crippen LogP contribution is 2.25. The van der Waals surface area contributed by atoms with Gasteiger partial charge in [0.05, 0.1) is 6.04 Å². The van der Waals surface area contributed by atoms with Gasteiger partial charge in [0.2, 0.25) is 11.8 Å². The minimum Gasteiger partial charge on any atom is -0.378 e. The Balaban J connectivity index is 1.81. The van der Waals surface area contributed by atoms with E-state index in [2.05, 4.69) is 10.6 Å². The molecule has 0 saturated carbocycles. The number of hydrogen-bond acceptors (Lipinski definition) is 7. The molecule has 188 valence electrons. The van der Waals surface area contributed by atoms with Crippen LogP contribution < -0.4 is 15.5 Å². The molecule has 3 atom stereocenters. The Kier molecular flexibility index (Phi) is 8.21. The molecule has 2 fully saturated rings. The van der Waals surface area contributed by atoms with Crippen LogP contribution in [0.15, 0.2) is 24.3 Å². The topological polar surface area (TPSA) is 136 Å². The second-order valence-corrected chi connectivity index (χ2v) is 9.02. The lowest BCUT2D eigenvalue weighted by molar-refractivity contribution is -0.176. The van der Waals surface area contributed by atoms with Gasteiger partial charge in [0.25, 0.3) is 11.8 Å². The lowest BCUT2D eigenvalue weighted by atomic mass is 10.0. The van der Waals surface area contributed by atoms with Crippen molar-refractivity contribution in [3.05, 3.63) is 29.8 Å². The number of ketones is 1. The standard InChI is InChI=1S/C24H31N5O6/c1-15(31)12-17(14-30)25-23(34)20-8-5-11-28-21(32)10-9-19(24(35)29(20)28)26-22(33)16-6-4-7-18(13-16)27(2)3/h4,6-7,13-14,17,19-20H,5,8-12H2,1-3H3,(H,25,34)(H,26,33)/t17-,19-,20-/m0/s1. The molecule has 0 radical (unpaired) electrons. The molecule has 1 aromatic carbocycles. The predicted molar refractivity (Wildman–Crippen MR) is 126 cm³/mol. The number of nitrogens with one attached hydrogen (secondary N) is 2. The fourth-order valence-corrected chi connectivity index (χ4v) is 4.29. The number of nitrogens with zero attached hydrogens (tertiary/aromatic N) is 3. The third-order valence-electron chi connectivity index (χ3n) is 6.09. The van der Waals surface area contributed by atoms with Crippen LogP contribution in [-0.4, -0.2) is 84.5 Å². The van der Waals surface area contributed by atoms with E-state index in [1.54, 1.807) is 18.2 Å². The first-order chi connectivity index (χ1) is 16.6. The summed E-state index contributed by atoms with van der Waals surface area (Å²) in [5.41, 5.74) is 1.18. The van der Waals surface area contributed by atoms with E-state index in [0.29, 0.717) is 18.3 Å². The molecule has 2 aliphatic heterocycles. The number of amides is 4. The number of aldehydes is 1. The zero-order chi connectivity index (χ0) is 25.7. The van der Waals surface area contributed by atoms with Gasteiger partial charge in [0.15, 0.2) is 0 Å². The van der Waals surface area contributed by atoms with Crippen LogP contribution in [-0.2, 0) is 24.0 Å². The summed E-state index contributed by atoms with van der Waals surface area (Å²) in [5, 5.41) is 7.60. The van der Waals surface area contributed by atoms with Crippen LogP contribution in [0, 0.1) is 0 Å². The highest BCUT2D eigenvalue weighted by atomic mass is 16.2. The smallest absolute Gasteiger partial charge is 0.264 e. The molecule has 0 aliphatic carbocycles. The van der Waals surface area contributed by atoms with Gasteiger partial charge < -0.3 is 20.3 Å². The fraction of sp³-hybridized carbons (Fsp3) is 0.500. The Morgan fingerprint density at radius 1 is 1.20 bits per heavy atom. The second-order valence-electron chi connectivity index (χ2n) is 9.02. The molecule has 3 rings (SSSR count). The number of hydrazine groups is 1. The van der Waals surface area contributed by atoms with Crippen molar-refractivity contribution < 1.29 is 28.8 Å². The van der Waals surface area contributed by atoms with Crippen molar-refractivity contribution in [3.63, 3.8) is 0 Å². The molecule has 0 spiro atoms. The largest absolute Gasteiger partial charge is 0.378 e. The third-order valence-corrected chi connectivity index (χ3v) is 6.09. The molecule has 0 bridgehead atoms. The summed E-state index contributed by atoms with van der Waals surface area (Å²) in [6.07, 6.45) is 1.20. The van der Waals surface area contributed by atoms with Gasteiger partial charge in [0, 0.05) is 44.7 Å². The van der Waals surface area contributed by atoms with E-state index in [-0.39, 0.29) is 43.9 Å². The first kappa shape index (κ1) is 25.9. The highest BCUT2D eigenvalue weighted by Gasteiger charge is 2.44. The molecule has 4 amide bonds. The van der Waals surface area contributed by atoms with Crippen molar-refractivity contribution >= 4 is 41.4 Å². The number of rotatable bonds is 8. The van der Waals surface area contributed by atoms with Gasteiger partial charge in [-0.2, -0.15) is 0 Å². The van der Waals surface area contributed by atoms with Crippen LogP contribution in [0.1, 0.15) is 49.4 Å². The van der Waals surface area contributed by atoms with Crippen LogP contribution in [0.25, 0.3) is 0 Å². The number of anilines is 1. The average Bonchev–Trinajstić information content (AvgIpc) is 2.95. The summed E-state index contributed by atoms with van der Waals surface area (Å²) in [6, 6.07) is 3.84. The van der Waals surface area contributed by atoms with Crippen LogP contribution in [0.4, 0.5) is 5.69 Å². The Hall–Kier alpha value is -3.76. The summed E-state index contributed by atoms with van der Waals surface area (Å²) in [6.45, 7) is 1.58. The molecule has 0 unspecified atom stereocenters. The maximum absolute atomic E-state index is 13.5. The van der Waals surface area contributed by atoms with E-state index in [9.17, 15) is 28.8 Å². The van der Waals surface area contributed by atoms with Crippen molar-refractivity contribution in [1.82, 2.24) is 20.7 Å². The minimum absolute atomic E-state index is 0.0283. The zero-order valence-corrected chi connectivity index (χ0v) is 20.2. The minimum atomic E-state index is -1.04. The summed E-state index contributed by atoms with van der Waals surface area (Å²) < 4.78 is 0. The van der Waals surface area contributed by atoms with Crippen molar-refractivity contribution in [1.29, 1.82) is 0 Å². The SMILES string of the molecule is CC(=O)C[C@@H](C=O)NC(=O)[C@@H]1CCCN2C(=O)CC[C@H](NC(=O)c3cccc(N(C)C)c3)C(=O)N12. The van der Waals surface area contributed by atoms with E-state index in [4.69, 9.17) is 0 Å². The van der Waals surface area contributed by atoms with E-state index < -0.39 is 35.8 Å². The molecule has 0 aromatic heterocycles. The average molecular weight is 486 g/mol. The Morgan fingerprint density at radius 3 is 2.60 bits per heavy atom. The third kappa shape index (κ3) is 6.03. The summed E-state index contributed by atoms with van der Waals surface area (Å²) >= 11 is 0. The molecular weight excluding hydrogens is 454 g/mol. The first-order valence-electron chi connectivity index (χ1n) is 11.6. The number of carbonyl (C=O) groups is 6. The highest BCUT2D eigenvalue weighted by molar-refractivity contribution is 6.00. The summed E-state index contributed by atoms with van der Waals surface area (Å²) in [7, 11) is 3.69. The molecule has 2 aliphatic rings. The molecule has 2 heterocycles. The Labute approximate surface area is 203 Å². The van der Waals surface area contributed by atoms with Crippen LogP contribution in [0.2, 0.25) is 0 Å². The molecule has 11 heteroatoms. The van der Waals surface area contributed by atoms with Gasteiger partial charge >= 0.3 is 0 Å². The van der Waals surface area contributed by atoms with E-state index in [1.165, 1.54) is 11.9 Å². The maximum atomic E-state index is 13.5. The van der Waals surface area contributed by atoms with Gasteiger partial charge in [0.1, 0.15) is 24.2 Å².